The fourth-order valence-corrected chi connectivity index (χ4v) is 7.22. The summed E-state index contributed by atoms with van der Waals surface area (Å²) in [7, 11) is 0. The molecule has 9 nitrogen and oxygen atoms in total. The first-order valence-corrected chi connectivity index (χ1v) is 15.4. The van der Waals surface area contributed by atoms with Gasteiger partial charge in [0.05, 0.1) is 18.1 Å². The number of anilines is 2. The Bertz CT molecular complexity index is 1150. The van der Waals surface area contributed by atoms with E-state index in [0.717, 1.165) is 25.2 Å². The summed E-state index contributed by atoms with van der Waals surface area (Å²) in [6.45, 7) is 16.2. The molecule has 0 saturated carbocycles. The minimum atomic E-state index is -1.13. The molecule has 2 bridgehead atoms. The first kappa shape index (κ1) is 31.8. The highest BCUT2D eigenvalue weighted by Crippen LogP contribution is 2.63. The summed E-state index contributed by atoms with van der Waals surface area (Å²) < 4.78 is 12.4. The summed E-state index contributed by atoms with van der Waals surface area (Å²) in [5.74, 6) is -2.55. The maximum atomic E-state index is 14.6. The van der Waals surface area contributed by atoms with Crippen molar-refractivity contribution in [3.05, 3.63) is 49.6 Å². The predicted molar refractivity (Wildman–Crippen MR) is 163 cm³/mol. The number of carbonyl (C=O) groups is 3. The monoisotopic (exact) mass is 581 g/mol. The Labute approximate surface area is 250 Å². The molecule has 4 rings (SSSR count). The third-order valence-electron chi connectivity index (χ3n) is 9.24. The van der Waals surface area contributed by atoms with Crippen molar-refractivity contribution < 1.29 is 29.0 Å². The number of aliphatic hydroxyl groups excluding tert-OH is 1. The molecule has 230 valence electrons. The predicted octanol–water partition coefficient (Wildman–Crippen LogP) is 4.10. The summed E-state index contributed by atoms with van der Waals surface area (Å²) in [6.07, 6.45) is 6.91. The van der Waals surface area contributed by atoms with Gasteiger partial charge in [-0.3, -0.25) is 14.4 Å². The van der Waals surface area contributed by atoms with Crippen molar-refractivity contribution in [3.63, 3.8) is 0 Å². The van der Waals surface area contributed by atoms with Crippen LogP contribution in [-0.2, 0) is 23.9 Å². The van der Waals surface area contributed by atoms with E-state index in [4.69, 9.17) is 9.47 Å². The van der Waals surface area contributed by atoms with Crippen LogP contribution in [0.3, 0.4) is 0 Å². The zero-order valence-corrected chi connectivity index (χ0v) is 25.4. The van der Waals surface area contributed by atoms with Crippen LogP contribution in [0.5, 0.6) is 0 Å². The van der Waals surface area contributed by atoms with E-state index >= 15 is 0 Å². The van der Waals surface area contributed by atoms with Crippen LogP contribution in [0, 0.1) is 11.8 Å². The number of fused-ring (bicyclic) bond motifs is 1. The maximum absolute atomic E-state index is 14.6. The summed E-state index contributed by atoms with van der Waals surface area (Å²) in [6, 6.07) is 6.95. The van der Waals surface area contributed by atoms with Gasteiger partial charge in [0.25, 0.3) is 5.91 Å². The standard InChI is InChI=1S/C33H47N3O6/c1-6-10-13-23-41-31(40)27-26-29(38)36(21-11-12-22-37)28(33(26)19-18-32(27,5)42-33)30(39)35(20-7-2)25-16-14-24(15-17-25)34(8-3)9-4/h6-7,14-17,26-28,37H,1-2,8-13,18-23H2,3-5H3/t26-,27+,28?,32-,33?/m0/s1. The van der Waals surface area contributed by atoms with Gasteiger partial charge in [0.15, 0.2) is 0 Å². The Morgan fingerprint density at radius 3 is 2.40 bits per heavy atom. The second-order valence-corrected chi connectivity index (χ2v) is 11.7. The minimum Gasteiger partial charge on any atom is -0.465 e. The third-order valence-corrected chi connectivity index (χ3v) is 9.24. The van der Waals surface area contributed by atoms with E-state index in [0.29, 0.717) is 37.8 Å². The van der Waals surface area contributed by atoms with Crippen LogP contribution in [0.4, 0.5) is 11.4 Å². The largest absolute Gasteiger partial charge is 0.465 e. The number of likely N-dealkylation sites (tertiary alicyclic amines) is 1. The fraction of sp³-hybridized carbons (Fsp3) is 0.606. The number of esters is 1. The lowest BCUT2D eigenvalue weighted by molar-refractivity contribution is -0.159. The molecular weight excluding hydrogens is 534 g/mol. The number of benzene rings is 1. The van der Waals surface area contributed by atoms with E-state index in [1.807, 2.05) is 31.2 Å². The quantitative estimate of drug-likeness (QED) is 0.178. The molecule has 0 radical (unpaired) electrons. The minimum absolute atomic E-state index is 0.00901. The second kappa shape index (κ2) is 13.4. The molecule has 3 saturated heterocycles. The van der Waals surface area contributed by atoms with Crippen LogP contribution in [0.1, 0.15) is 59.3 Å². The highest BCUT2D eigenvalue weighted by Gasteiger charge is 2.78. The zero-order chi connectivity index (χ0) is 30.5. The molecule has 42 heavy (non-hydrogen) atoms. The normalized spacial score (nSPS) is 27.6. The summed E-state index contributed by atoms with van der Waals surface area (Å²) in [5, 5.41) is 9.43. The van der Waals surface area contributed by atoms with Gasteiger partial charge in [-0.25, -0.2) is 0 Å². The number of ether oxygens (including phenoxy) is 2. The van der Waals surface area contributed by atoms with Crippen LogP contribution in [0.2, 0.25) is 0 Å². The molecule has 2 amide bonds. The molecule has 3 fully saturated rings. The van der Waals surface area contributed by atoms with Crippen molar-refractivity contribution in [2.45, 2.75) is 76.5 Å². The molecule has 3 heterocycles. The number of hydrogen-bond acceptors (Lipinski definition) is 7. The van der Waals surface area contributed by atoms with Gasteiger partial charge in [-0.2, -0.15) is 0 Å². The van der Waals surface area contributed by atoms with Crippen molar-refractivity contribution in [2.75, 3.05) is 49.2 Å². The Morgan fingerprint density at radius 2 is 1.79 bits per heavy atom. The SMILES string of the molecule is C=CCCCOC(=O)[C@H]1[C@H]2C(=O)N(CCCCO)C(C(=O)N(CC=C)c3ccc(N(CC)CC)cc3)C23CC[C@]1(C)O3. The lowest BCUT2D eigenvalue weighted by atomic mass is 9.66. The van der Waals surface area contributed by atoms with Gasteiger partial charge in [-0.15, -0.1) is 13.2 Å². The smallest absolute Gasteiger partial charge is 0.312 e. The van der Waals surface area contributed by atoms with Gasteiger partial charge in [0, 0.05) is 44.2 Å². The number of nitrogens with zero attached hydrogens (tertiary/aromatic N) is 3. The van der Waals surface area contributed by atoms with Crippen LogP contribution in [0.15, 0.2) is 49.6 Å². The van der Waals surface area contributed by atoms with Crippen molar-refractivity contribution >= 4 is 29.2 Å². The Hall–Kier alpha value is -3.17. The van der Waals surface area contributed by atoms with E-state index < -0.39 is 35.0 Å². The number of allylic oxidation sites excluding steroid dienone is 1. The number of carbonyl (C=O) groups excluding carboxylic acids is 3. The summed E-state index contributed by atoms with van der Waals surface area (Å²) in [4.78, 5) is 47.8. The molecular formula is C33H47N3O6. The molecule has 1 aromatic rings. The maximum Gasteiger partial charge on any atom is 0.312 e. The fourth-order valence-electron chi connectivity index (χ4n) is 7.22. The van der Waals surface area contributed by atoms with E-state index in [9.17, 15) is 19.5 Å². The second-order valence-electron chi connectivity index (χ2n) is 11.7. The van der Waals surface area contributed by atoms with Crippen LogP contribution in [0.25, 0.3) is 0 Å². The molecule has 5 atom stereocenters. The van der Waals surface area contributed by atoms with Crippen molar-refractivity contribution in [3.8, 4) is 0 Å². The van der Waals surface area contributed by atoms with Crippen molar-refractivity contribution in [1.29, 1.82) is 0 Å². The lowest BCUT2D eigenvalue weighted by Gasteiger charge is -2.37. The topological polar surface area (TPSA) is 99.6 Å². The average Bonchev–Trinajstić information content (AvgIpc) is 3.55. The van der Waals surface area contributed by atoms with Gasteiger partial charge in [0.2, 0.25) is 5.91 Å². The van der Waals surface area contributed by atoms with Crippen LogP contribution in [-0.4, -0.2) is 84.4 Å². The van der Waals surface area contributed by atoms with Gasteiger partial charge < -0.3 is 29.3 Å². The summed E-state index contributed by atoms with van der Waals surface area (Å²) in [5.41, 5.74) is -0.251. The van der Waals surface area contributed by atoms with Crippen molar-refractivity contribution in [1.82, 2.24) is 4.90 Å². The van der Waals surface area contributed by atoms with Gasteiger partial charge in [-0.1, -0.05) is 12.2 Å². The molecule has 3 aliphatic heterocycles. The Balaban J connectivity index is 1.70. The molecule has 9 heteroatoms. The average molecular weight is 582 g/mol. The Kier molecular flexibility index (Phi) is 10.1. The third kappa shape index (κ3) is 5.61. The first-order chi connectivity index (χ1) is 20.2. The molecule has 0 aliphatic carbocycles. The lowest BCUT2D eigenvalue weighted by Crippen LogP contribution is -2.56. The number of rotatable bonds is 16. The molecule has 2 unspecified atom stereocenters. The number of hydrogen-bond donors (Lipinski definition) is 1. The summed E-state index contributed by atoms with van der Waals surface area (Å²) >= 11 is 0. The number of amides is 2. The van der Waals surface area contributed by atoms with Gasteiger partial charge in [-0.05, 0) is 83.6 Å². The van der Waals surface area contributed by atoms with Gasteiger partial charge in [0.1, 0.15) is 17.6 Å². The van der Waals surface area contributed by atoms with E-state index in [1.165, 1.54) is 0 Å². The number of unbranched alkanes of at least 4 members (excludes halogenated alkanes) is 2. The van der Waals surface area contributed by atoms with E-state index in [1.54, 1.807) is 22.0 Å². The molecule has 1 N–H and O–H groups in total. The van der Waals surface area contributed by atoms with E-state index in [-0.39, 0.29) is 38.1 Å². The Morgan fingerprint density at radius 1 is 1.10 bits per heavy atom. The molecule has 3 aliphatic rings. The van der Waals surface area contributed by atoms with Crippen molar-refractivity contribution in [2.24, 2.45) is 11.8 Å². The molecule has 1 spiro atoms. The first-order valence-electron chi connectivity index (χ1n) is 15.4. The zero-order valence-electron chi connectivity index (χ0n) is 25.4. The molecule has 1 aromatic carbocycles. The molecule has 0 aromatic heterocycles. The van der Waals surface area contributed by atoms with E-state index in [2.05, 4.69) is 31.9 Å². The van der Waals surface area contributed by atoms with Gasteiger partial charge >= 0.3 is 5.97 Å². The highest BCUT2D eigenvalue weighted by molar-refractivity contribution is 6.05. The highest BCUT2D eigenvalue weighted by atomic mass is 16.6. The van der Waals surface area contributed by atoms with Crippen LogP contribution < -0.4 is 9.80 Å². The van der Waals surface area contributed by atoms with Crippen LogP contribution >= 0.6 is 0 Å². The number of aliphatic hydroxyl groups is 1.